The molecule has 0 aliphatic heterocycles. The van der Waals surface area contributed by atoms with Crippen LogP contribution in [0.15, 0.2) is 103 Å². The van der Waals surface area contributed by atoms with Crippen LogP contribution in [-0.2, 0) is 0 Å². The second kappa shape index (κ2) is 9.58. The number of aromatic nitrogens is 1. The van der Waals surface area contributed by atoms with Crippen molar-refractivity contribution in [1.82, 2.24) is 4.98 Å². The van der Waals surface area contributed by atoms with E-state index in [1.54, 1.807) is 0 Å². The summed E-state index contributed by atoms with van der Waals surface area (Å²) in [6.07, 6.45) is 0. The molecule has 0 saturated heterocycles. The third kappa shape index (κ3) is 4.47. The van der Waals surface area contributed by atoms with Crippen molar-refractivity contribution >= 4 is 11.6 Å². The minimum Gasteiger partial charge on any atom is -0.246 e. The molecule has 0 N–H and O–H groups in total. The average Bonchev–Trinajstić information content (AvgIpc) is 2.89. The van der Waals surface area contributed by atoms with Crippen LogP contribution in [0, 0.1) is 25.2 Å². The number of hydrogen-bond donors (Lipinski definition) is 0. The fourth-order valence-corrected chi connectivity index (χ4v) is 4.45. The summed E-state index contributed by atoms with van der Waals surface area (Å²) in [6.45, 7) is 4.12. The van der Waals surface area contributed by atoms with Gasteiger partial charge in [-0.15, -0.1) is 0 Å². The number of benzene rings is 4. The van der Waals surface area contributed by atoms with Crippen molar-refractivity contribution in [1.29, 1.82) is 5.26 Å². The third-order valence-corrected chi connectivity index (χ3v) is 6.41. The molecule has 0 spiro atoms. The van der Waals surface area contributed by atoms with Gasteiger partial charge >= 0.3 is 0 Å². The smallest absolute Gasteiger partial charge is 0.102 e. The van der Waals surface area contributed by atoms with E-state index in [-0.39, 0.29) is 0 Å². The lowest BCUT2D eigenvalue weighted by molar-refractivity contribution is 1.29. The number of hydrogen-bond acceptors (Lipinski definition) is 2. The topological polar surface area (TPSA) is 36.7 Å². The molecule has 0 atom stereocenters. The molecule has 0 amide bonds. The summed E-state index contributed by atoms with van der Waals surface area (Å²) < 4.78 is 0. The minimum absolute atomic E-state index is 0.548. The Morgan fingerprint density at radius 3 is 1.63 bits per heavy atom. The summed E-state index contributed by atoms with van der Waals surface area (Å²) in [6, 6.07) is 36.9. The summed E-state index contributed by atoms with van der Waals surface area (Å²) in [5.74, 6) is 0. The van der Waals surface area contributed by atoms with Gasteiger partial charge in [0.2, 0.25) is 0 Å². The van der Waals surface area contributed by atoms with Crippen LogP contribution in [0.25, 0.3) is 44.8 Å². The molecule has 0 saturated carbocycles. The van der Waals surface area contributed by atoms with Crippen LogP contribution in [0.4, 0.5) is 0 Å². The molecule has 0 aliphatic rings. The van der Waals surface area contributed by atoms with Gasteiger partial charge in [-0.3, -0.25) is 0 Å². The highest BCUT2D eigenvalue weighted by molar-refractivity contribution is 6.30. The number of halogens is 1. The van der Waals surface area contributed by atoms with E-state index in [1.807, 2.05) is 54.6 Å². The molecule has 0 radical (unpaired) electrons. The number of rotatable bonds is 4. The predicted octanol–water partition coefficient (Wildman–Crippen LogP) is 8.89. The monoisotopic (exact) mass is 470 g/mol. The molecule has 5 rings (SSSR count). The molecule has 4 aromatic carbocycles. The first-order valence-corrected chi connectivity index (χ1v) is 11.9. The maximum Gasteiger partial charge on any atom is 0.102 e. The maximum atomic E-state index is 10.5. The normalized spacial score (nSPS) is 10.7. The Bertz CT molecular complexity index is 1530. The zero-order valence-electron chi connectivity index (χ0n) is 19.6. The minimum atomic E-state index is 0.548. The molecule has 0 unspecified atom stereocenters. The van der Waals surface area contributed by atoms with E-state index < -0.39 is 0 Å². The standard InChI is InChI=1S/C32H23ClN2/c1-21-8-12-24(13-9-21)30-29(23-16-18-27(33)19-17-23)28(20-34)31(26-14-10-22(2)11-15-26)35-32(30)25-6-4-3-5-7-25/h3-19H,1-2H3. The zero-order chi connectivity index (χ0) is 24.4. The lowest BCUT2D eigenvalue weighted by atomic mass is 9.86. The van der Waals surface area contributed by atoms with Crippen molar-refractivity contribution in [3.63, 3.8) is 0 Å². The maximum absolute atomic E-state index is 10.5. The SMILES string of the molecule is Cc1ccc(-c2nc(-c3ccccc3)c(-c3ccc(C)cc3)c(-c3ccc(Cl)cc3)c2C#N)cc1. The highest BCUT2D eigenvalue weighted by Gasteiger charge is 2.24. The zero-order valence-corrected chi connectivity index (χ0v) is 20.3. The predicted molar refractivity (Wildman–Crippen MR) is 145 cm³/mol. The van der Waals surface area contributed by atoms with Crippen molar-refractivity contribution in [2.75, 3.05) is 0 Å². The molecule has 1 aromatic heterocycles. The number of aryl methyl sites for hydroxylation is 2. The van der Waals surface area contributed by atoms with Crippen molar-refractivity contribution in [3.8, 4) is 50.8 Å². The summed E-state index contributed by atoms with van der Waals surface area (Å²) in [7, 11) is 0. The van der Waals surface area contributed by atoms with Crippen LogP contribution < -0.4 is 0 Å². The molecule has 3 heteroatoms. The second-order valence-electron chi connectivity index (χ2n) is 8.65. The molecule has 1 heterocycles. The van der Waals surface area contributed by atoms with E-state index >= 15 is 0 Å². The highest BCUT2D eigenvalue weighted by atomic mass is 35.5. The Morgan fingerprint density at radius 1 is 0.571 bits per heavy atom. The average molecular weight is 471 g/mol. The van der Waals surface area contributed by atoms with Crippen LogP contribution in [0.3, 0.4) is 0 Å². The molecular weight excluding hydrogens is 448 g/mol. The molecule has 35 heavy (non-hydrogen) atoms. The van der Waals surface area contributed by atoms with Gasteiger partial charge in [-0.25, -0.2) is 4.98 Å². The first kappa shape index (κ1) is 22.6. The van der Waals surface area contributed by atoms with Gasteiger partial charge < -0.3 is 0 Å². The van der Waals surface area contributed by atoms with E-state index in [2.05, 4.69) is 68.4 Å². The molecule has 168 valence electrons. The summed E-state index contributed by atoms with van der Waals surface area (Å²) in [5, 5.41) is 11.1. The van der Waals surface area contributed by atoms with Crippen LogP contribution >= 0.6 is 11.6 Å². The van der Waals surface area contributed by atoms with Crippen LogP contribution in [0.5, 0.6) is 0 Å². The van der Waals surface area contributed by atoms with E-state index in [0.717, 1.165) is 44.6 Å². The van der Waals surface area contributed by atoms with Crippen LogP contribution in [0.2, 0.25) is 5.02 Å². The fraction of sp³-hybridized carbons (Fsp3) is 0.0625. The van der Waals surface area contributed by atoms with Gasteiger partial charge in [0.15, 0.2) is 0 Å². The lowest BCUT2D eigenvalue weighted by Gasteiger charge is -2.20. The first-order valence-electron chi connectivity index (χ1n) is 11.5. The largest absolute Gasteiger partial charge is 0.246 e. The van der Waals surface area contributed by atoms with E-state index in [1.165, 1.54) is 5.56 Å². The Labute approximate surface area is 211 Å². The second-order valence-corrected chi connectivity index (χ2v) is 9.09. The first-order chi connectivity index (χ1) is 17.0. The Hall–Kier alpha value is -4.19. The molecule has 5 aromatic rings. The van der Waals surface area contributed by atoms with Gasteiger partial charge in [-0.2, -0.15) is 5.26 Å². The highest BCUT2D eigenvalue weighted by Crippen LogP contribution is 2.44. The Morgan fingerprint density at radius 2 is 1.06 bits per heavy atom. The molecule has 0 fully saturated rings. The Balaban J connectivity index is 1.95. The fourth-order valence-electron chi connectivity index (χ4n) is 4.33. The summed E-state index contributed by atoms with van der Waals surface area (Å²) in [4.78, 5) is 5.17. The lowest BCUT2D eigenvalue weighted by Crippen LogP contribution is -2.01. The van der Waals surface area contributed by atoms with E-state index in [9.17, 15) is 5.26 Å². The number of nitriles is 1. The third-order valence-electron chi connectivity index (χ3n) is 6.15. The van der Waals surface area contributed by atoms with E-state index in [0.29, 0.717) is 16.3 Å². The number of pyridine rings is 1. The van der Waals surface area contributed by atoms with Gasteiger partial charge in [-0.05, 0) is 37.1 Å². The quantitative estimate of drug-likeness (QED) is 0.263. The molecule has 0 bridgehead atoms. The summed E-state index contributed by atoms with van der Waals surface area (Å²) in [5.41, 5.74) is 10.0. The molecule has 0 aliphatic carbocycles. The van der Waals surface area contributed by atoms with Gasteiger partial charge in [0.1, 0.15) is 6.07 Å². The van der Waals surface area contributed by atoms with E-state index in [4.69, 9.17) is 16.6 Å². The van der Waals surface area contributed by atoms with Crippen molar-refractivity contribution < 1.29 is 0 Å². The summed E-state index contributed by atoms with van der Waals surface area (Å²) >= 11 is 6.24. The van der Waals surface area contributed by atoms with Gasteiger partial charge in [-0.1, -0.05) is 114 Å². The van der Waals surface area contributed by atoms with Gasteiger partial charge in [0.25, 0.3) is 0 Å². The number of nitrogens with zero attached hydrogens (tertiary/aromatic N) is 2. The van der Waals surface area contributed by atoms with Gasteiger partial charge in [0, 0.05) is 27.3 Å². The Kier molecular flexibility index (Phi) is 6.19. The van der Waals surface area contributed by atoms with Crippen LogP contribution in [0.1, 0.15) is 16.7 Å². The molecule has 2 nitrogen and oxygen atoms in total. The molecular formula is C32H23ClN2. The van der Waals surface area contributed by atoms with Crippen molar-refractivity contribution in [2.45, 2.75) is 13.8 Å². The van der Waals surface area contributed by atoms with Gasteiger partial charge in [0.05, 0.1) is 17.0 Å². The van der Waals surface area contributed by atoms with Crippen molar-refractivity contribution in [3.05, 3.63) is 125 Å². The van der Waals surface area contributed by atoms with Crippen LogP contribution in [-0.4, -0.2) is 4.98 Å². The van der Waals surface area contributed by atoms with Crippen molar-refractivity contribution in [2.24, 2.45) is 0 Å².